The molecule has 0 aliphatic heterocycles. The minimum absolute atomic E-state index is 0.0113. The lowest BCUT2D eigenvalue weighted by Crippen LogP contribution is -2.03. The maximum absolute atomic E-state index is 12.8. The average molecular weight is 318 g/mol. The van der Waals surface area contributed by atoms with Crippen molar-refractivity contribution < 1.29 is 19.1 Å². The first-order valence-electron chi connectivity index (χ1n) is 6.77. The first kappa shape index (κ1) is 16.2. The van der Waals surface area contributed by atoms with Gasteiger partial charge in [0.05, 0.1) is 6.42 Å². The molecule has 2 aromatic carbocycles. The van der Waals surface area contributed by atoms with Crippen LogP contribution < -0.4 is 0 Å². The molecule has 0 atom stereocenters. The number of rotatable bonds is 7. The van der Waals surface area contributed by atoms with Crippen LogP contribution >= 0.6 is 11.8 Å². The van der Waals surface area contributed by atoms with Gasteiger partial charge in [-0.05, 0) is 29.8 Å². The zero-order valence-electron chi connectivity index (χ0n) is 11.8. The van der Waals surface area contributed by atoms with Crippen LogP contribution in [0.3, 0.4) is 0 Å². The average Bonchev–Trinajstić information content (AvgIpc) is 2.52. The molecule has 0 aromatic heterocycles. The fourth-order valence-corrected chi connectivity index (χ4v) is 2.70. The maximum Gasteiger partial charge on any atom is 0.303 e. The molecule has 0 saturated heterocycles. The second kappa shape index (κ2) is 7.75. The van der Waals surface area contributed by atoms with E-state index in [9.17, 15) is 14.0 Å². The molecule has 1 N–H and O–H groups in total. The SMILES string of the molecule is O=C(O)CCC(=O)c1ccc(SCc2ccc(F)cc2)cc1. The second-order valence-electron chi connectivity index (χ2n) is 4.76. The van der Waals surface area contributed by atoms with Gasteiger partial charge in [-0.2, -0.15) is 0 Å². The Hall–Kier alpha value is -2.14. The Morgan fingerprint density at radius 1 is 0.955 bits per heavy atom. The molecule has 3 nitrogen and oxygen atoms in total. The van der Waals surface area contributed by atoms with Crippen LogP contribution in [0.2, 0.25) is 0 Å². The Labute approximate surface area is 132 Å². The smallest absolute Gasteiger partial charge is 0.303 e. The van der Waals surface area contributed by atoms with E-state index in [4.69, 9.17) is 5.11 Å². The quantitative estimate of drug-likeness (QED) is 0.615. The van der Waals surface area contributed by atoms with Crippen LogP contribution in [0.1, 0.15) is 28.8 Å². The Balaban J connectivity index is 1.90. The Bertz CT molecular complexity index is 651. The lowest BCUT2D eigenvalue weighted by molar-refractivity contribution is -0.136. The third-order valence-electron chi connectivity index (χ3n) is 3.06. The second-order valence-corrected chi connectivity index (χ2v) is 5.81. The van der Waals surface area contributed by atoms with Crippen molar-refractivity contribution in [3.8, 4) is 0 Å². The lowest BCUT2D eigenvalue weighted by Gasteiger charge is -2.04. The monoisotopic (exact) mass is 318 g/mol. The van der Waals surface area contributed by atoms with E-state index in [0.29, 0.717) is 11.3 Å². The van der Waals surface area contributed by atoms with Gasteiger partial charge in [0.15, 0.2) is 5.78 Å². The van der Waals surface area contributed by atoms with Crippen LogP contribution in [0, 0.1) is 5.82 Å². The van der Waals surface area contributed by atoms with E-state index < -0.39 is 5.97 Å². The van der Waals surface area contributed by atoms with Gasteiger partial charge in [0.1, 0.15) is 5.82 Å². The van der Waals surface area contributed by atoms with E-state index in [1.807, 2.05) is 12.1 Å². The molecule has 0 aliphatic rings. The van der Waals surface area contributed by atoms with E-state index in [0.717, 1.165) is 10.5 Å². The van der Waals surface area contributed by atoms with Crippen molar-refractivity contribution in [3.05, 3.63) is 65.5 Å². The number of halogens is 1. The summed E-state index contributed by atoms with van der Waals surface area (Å²) in [6.07, 6.45) is -0.142. The summed E-state index contributed by atoms with van der Waals surface area (Å²) in [5, 5.41) is 8.57. The van der Waals surface area contributed by atoms with Gasteiger partial charge in [0.25, 0.3) is 0 Å². The molecule has 5 heteroatoms. The Kier molecular flexibility index (Phi) is 5.72. The predicted octanol–water partition coefficient (Wildman–Crippen LogP) is 4.17. The molecule has 0 fully saturated rings. The minimum Gasteiger partial charge on any atom is -0.481 e. The molecule has 0 heterocycles. The van der Waals surface area contributed by atoms with Crippen molar-refractivity contribution in [2.24, 2.45) is 0 Å². The van der Waals surface area contributed by atoms with Gasteiger partial charge in [-0.15, -0.1) is 11.8 Å². The first-order valence-corrected chi connectivity index (χ1v) is 7.75. The van der Waals surface area contributed by atoms with E-state index in [1.165, 1.54) is 12.1 Å². The molecule has 0 spiro atoms. The van der Waals surface area contributed by atoms with Gasteiger partial charge in [0, 0.05) is 22.6 Å². The highest BCUT2D eigenvalue weighted by Gasteiger charge is 2.08. The van der Waals surface area contributed by atoms with Crippen molar-refractivity contribution in [2.75, 3.05) is 0 Å². The molecule has 0 amide bonds. The number of hydrogen-bond donors (Lipinski definition) is 1. The topological polar surface area (TPSA) is 54.4 Å². The summed E-state index contributed by atoms with van der Waals surface area (Å²) in [6.45, 7) is 0. The number of Topliss-reactive ketones (excluding diaryl/α,β-unsaturated/α-hetero) is 1. The molecule has 0 saturated carbocycles. The molecule has 0 bridgehead atoms. The van der Waals surface area contributed by atoms with Crippen LogP contribution in [-0.2, 0) is 10.5 Å². The molecular weight excluding hydrogens is 303 g/mol. The third-order valence-corrected chi connectivity index (χ3v) is 4.14. The number of benzene rings is 2. The molecular formula is C17H15FO3S. The van der Waals surface area contributed by atoms with Crippen molar-refractivity contribution >= 4 is 23.5 Å². The number of hydrogen-bond acceptors (Lipinski definition) is 3. The molecule has 114 valence electrons. The summed E-state index contributed by atoms with van der Waals surface area (Å²) in [5.74, 6) is -0.678. The highest BCUT2D eigenvalue weighted by molar-refractivity contribution is 7.98. The van der Waals surface area contributed by atoms with Gasteiger partial charge in [-0.3, -0.25) is 9.59 Å². The van der Waals surface area contributed by atoms with E-state index >= 15 is 0 Å². The van der Waals surface area contributed by atoms with Crippen molar-refractivity contribution in [1.29, 1.82) is 0 Å². The number of thioether (sulfide) groups is 1. The highest BCUT2D eigenvalue weighted by atomic mass is 32.2. The third kappa shape index (κ3) is 5.00. The summed E-state index contributed by atoms with van der Waals surface area (Å²) >= 11 is 1.59. The molecule has 2 aromatic rings. The Morgan fingerprint density at radius 2 is 1.59 bits per heavy atom. The Morgan fingerprint density at radius 3 is 2.18 bits per heavy atom. The minimum atomic E-state index is -0.972. The van der Waals surface area contributed by atoms with Crippen molar-refractivity contribution in [1.82, 2.24) is 0 Å². The van der Waals surface area contributed by atoms with Crippen LogP contribution in [0.4, 0.5) is 4.39 Å². The number of ketones is 1. The van der Waals surface area contributed by atoms with Gasteiger partial charge in [-0.25, -0.2) is 4.39 Å². The maximum atomic E-state index is 12.8. The fraction of sp³-hybridized carbons (Fsp3) is 0.176. The van der Waals surface area contributed by atoms with Gasteiger partial charge in [-0.1, -0.05) is 24.3 Å². The summed E-state index contributed by atoms with van der Waals surface area (Å²) < 4.78 is 12.8. The predicted molar refractivity (Wildman–Crippen MR) is 83.6 cm³/mol. The molecule has 0 unspecified atom stereocenters. The number of carboxylic acid groups (broad SMARTS) is 1. The summed E-state index contributed by atoms with van der Waals surface area (Å²) in [6, 6.07) is 13.4. The standard InChI is InChI=1S/C17H15FO3S/c18-14-5-1-12(2-6-14)11-22-15-7-3-13(4-8-15)16(19)9-10-17(20)21/h1-8H,9-11H2,(H,20,21). The zero-order chi connectivity index (χ0) is 15.9. The van der Waals surface area contributed by atoms with Gasteiger partial charge in [0.2, 0.25) is 0 Å². The molecule has 22 heavy (non-hydrogen) atoms. The fourth-order valence-electron chi connectivity index (χ4n) is 1.85. The van der Waals surface area contributed by atoms with Crippen molar-refractivity contribution in [3.63, 3.8) is 0 Å². The summed E-state index contributed by atoms with van der Waals surface area (Å²) in [4.78, 5) is 23.2. The lowest BCUT2D eigenvalue weighted by atomic mass is 10.1. The van der Waals surface area contributed by atoms with Crippen LogP contribution in [0.25, 0.3) is 0 Å². The van der Waals surface area contributed by atoms with Crippen LogP contribution in [-0.4, -0.2) is 16.9 Å². The molecule has 0 radical (unpaired) electrons. The summed E-state index contributed by atoms with van der Waals surface area (Å²) in [5.41, 5.74) is 1.54. The van der Waals surface area contributed by atoms with Gasteiger partial charge < -0.3 is 5.11 Å². The van der Waals surface area contributed by atoms with E-state index in [-0.39, 0.29) is 24.4 Å². The summed E-state index contributed by atoms with van der Waals surface area (Å²) in [7, 11) is 0. The largest absolute Gasteiger partial charge is 0.481 e. The number of carboxylic acids is 1. The van der Waals surface area contributed by atoms with Gasteiger partial charge >= 0.3 is 5.97 Å². The first-order chi connectivity index (χ1) is 10.5. The molecule has 0 aliphatic carbocycles. The van der Waals surface area contributed by atoms with Crippen LogP contribution in [0.5, 0.6) is 0 Å². The van der Waals surface area contributed by atoms with E-state index in [2.05, 4.69) is 0 Å². The normalized spacial score (nSPS) is 10.4. The number of aliphatic carboxylic acids is 1. The van der Waals surface area contributed by atoms with Crippen LogP contribution in [0.15, 0.2) is 53.4 Å². The van der Waals surface area contributed by atoms with E-state index in [1.54, 1.807) is 36.0 Å². The van der Waals surface area contributed by atoms with Crippen molar-refractivity contribution in [2.45, 2.75) is 23.5 Å². The number of carbonyl (C=O) groups excluding carboxylic acids is 1. The highest BCUT2D eigenvalue weighted by Crippen LogP contribution is 2.23. The number of carbonyl (C=O) groups is 2. The zero-order valence-corrected chi connectivity index (χ0v) is 12.6. The molecule has 2 rings (SSSR count).